The number of thioether (sulfide) groups is 1. The van der Waals surface area contributed by atoms with Crippen molar-refractivity contribution < 1.29 is 14.7 Å². The van der Waals surface area contributed by atoms with Crippen molar-refractivity contribution in [1.82, 2.24) is 9.88 Å². The van der Waals surface area contributed by atoms with Crippen LogP contribution in [0.5, 0.6) is 0 Å². The SMILES string of the molecule is Cn1ccc(CNC(=O)CSCC(=O)O)c1. The molecule has 16 heavy (non-hydrogen) atoms. The van der Waals surface area contributed by atoms with Gasteiger partial charge in [-0.1, -0.05) is 0 Å². The lowest BCUT2D eigenvalue weighted by Crippen LogP contribution is -2.24. The molecule has 0 unspecified atom stereocenters. The second-order valence-electron chi connectivity index (χ2n) is 3.35. The van der Waals surface area contributed by atoms with E-state index in [0.717, 1.165) is 17.3 Å². The van der Waals surface area contributed by atoms with Gasteiger partial charge in [0.1, 0.15) is 0 Å². The van der Waals surface area contributed by atoms with Crippen molar-refractivity contribution >= 4 is 23.6 Å². The molecule has 5 nitrogen and oxygen atoms in total. The molecule has 6 heteroatoms. The molecular weight excluding hydrogens is 228 g/mol. The Bertz CT molecular complexity index is 376. The first-order valence-corrected chi connectivity index (χ1v) is 5.90. The number of aryl methyl sites for hydroxylation is 1. The minimum absolute atomic E-state index is 0.0429. The van der Waals surface area contributed by atoms with Crippen molar-refractivity contribution in [2.24, 2.45) is 7.05 Å². The number of carbonyl (C=O) groups excluding carboxylic acids is 1. The molecule has 0 atom stereocenters. The predicted octanol–water partition coefficient (Wildman–Crippen LogP) is 0.459. The highest BCUT2D eigenvalue weighted by Crippen LogP contribution is 2.01. The highest BCUT2D eigenvalue weighted by Gasteiger charge is 2.04. The van der Waals surface area contributed by atoms with Crippen LogP contribution in [0.1, 0.15) is 5.56 Å². The monoisotopic (exact) mass is 242 g/mol. The molecule has 0 aliphatic carbocycles. The van der Waals surface area contributed by atoms with Crippen molar-refractivity contribution in [3.8, 4) is 0 Å². The van der Waals surface area contributed by atoms with E-state index in [2.05, 4.69) is 5.32 Å². The summed E-state index contributed by atoms with van der Waals surface area (Å²) in [6.07, 6.45) is 3.82. The lowest BCUT2D eigenvalue weighted by atomic mass is 10.3. The van der Waals surface area contributed by atoms with Gasteiger partial charge in [-0.25, -0.2) is 0 Å². The minimum atomic E-state index is -0.902. The zero-order chi connectivity index (χ0) is 12.0. The number of carbonyl (C=O) groups is 2. The third-order valence-electron chi connectivity index (χ3n) is 1.84. The van der Waals surface area contributed by atoms with Crippen molar-refractivity contribution in [3.63, 3.8) is 0 Å². The molecule has 0 aromatic carbocycles. The molecule has 0 saturated heterocycles. The lowest BCUT2D eigenvalue weighted by Gasteiger charge is -2.02. The van der Waals surface area contributed by atoms with Gasteiger partial charge in [-0.3, -0.25) is 9.59 Å². The number of carboxylic acid groups (broad SMARTS) is 1. The smallest absolute Gasteiger partial charge is 0.313 e. The Kier molecular flexibility index (Phi) is 4.91. The van der Waals surface area contributed by atoms with Crippen LogP contribution in [-0.4, -0.2) is 33.1 Å². The molecular formula is C10H14N2O3S. The molecule has 1 heterocycles. The van der Waals surface area contributed by atoms with Gasteiger partial charge in [0.15, 0.2) is 0 Å². The van der Waals surface area contributed by atoms with Crippen LogP contribution < -0.4 is 5.32 Å². The first-order valence-electron chi connectivity index (χ1n) is 4.75. The number of aromatic nitrogens is 1. The van der Waals surface area contributed by atoms with E-state index in [0.29, 0.717) is 6.54 Å². The number of hydrogen-bond donors (Lipinski definition) is 2. The van der Waals surface area contributed by atoms with Crippen LogP contribution in [0.25, 0.3) is 0 Å². The fraction of sp³-hybridized carbons (Fsp3) is 0.400. The number of amides is 1. The van der Waals surface area contributed by atoms with Gasteiger partial charge < -0.3 is 15.0 Å². The Hall–Kier alpha value is -1.43. The van der Waals surface area contributed by atoms with E-state index in [9.17, 15) is 9.59 Å². The van der Waals surface area contributed by atoms with Crippen LogP contribution in [0.2, 0.25) is 0 Å². The Labute approximate surface area is 97.8 Å². The normalized spacial score (nSPS) is 10.1. The van der Waals surface area contributed by atoms with E-state index in [1.807, 2.05) is 30.1 Å². The zero-order valence-electron chi connectivity index (χ0n) is 8.97. The maximum Gasteiger partial charge on any atom is 0.313 e. The second-order valence-corrected chi connectivity index (χ2v) is 4.33. The maximum absolute atomic E-state index is 11.3. The molecule has 0 aliphatic rings. The summed E-state index contributed by atoms with van der Waals surface area (Å²) in [5.74, 6) is -0.909. The summed E-state index contributed by atoms with van der Waals surface area (Å²) in [6, 6.07) is 1.92. The number of nitrogens with one attached hydrogen (secondary N) is 1. The van der Waals surface area contributed by atoms with E-state index in [1.165, 1.54) is 0 Å². The molecule has 0 aliphatic heterocycles. The topological polar surface area (TPSA) is 71.3 Å². The fourth-order valence-corrected chi connectivity index (χ4v) is 1.71. The minimum Gasteiger partial charge on any atom is -0.481 e. The van der Waals surface area contributed by atoms with Gasteiger partial charge in [-0.15, -0.1) is 11.8 Å². The Morgan fingerprint density at radius 3 is 2.81 bits per heavy atom. The summed E-state index contributed by atoms with van der Waals surface area (Å²) in [5.41, 5.74) is 1.03. The summed E-state index contributed by atoms with van der Waals surface area (Å²) in [7, 11) is 1.91. The van der Waals surface area contributed by atoms with Gasteiger partial charge >= 0.3 is 5.97 Å². The van der Waals surface area contributed by atoms with E-state index in [-0.39, 0.29) is 17.4 Å². The van der Waals surface area contributed by atoms with Gasteiger partial charge in [-0.2, -0.15) is 0 Å². The maximum atomic E-state index is 11.3. The van der Waals surface area contributed by atoms with Gasteiger partial charge in [0.2, 0.25) is 5.91 Å². The van der Waals surface area contributed by atoms with Crippen molar-refractivity contribution in [2.45, 2.75) is 6.54 Å². The van der Waals surface area contributed by atoms with Gasteiger partial charge in [0.25, 0.3) is 0 Å². The first kappa shape index (κ1) is 12.6. The Morgan fingerprint density at radius 1 is 1.50 bits per heavy atom. The third-order valence-corrected chi connectivity index (χ3v) is 2.76. The Balaban J connectivity index is 2.17. The van der Waals surface area contributed by atoms with Gasteiger partial charge in [0.05, 0.1) is 11.5 Å². The van der Waals surface area contributed by atoms with Crippen LogP contribution in [0.3, 0.4) is 0 Å². The number of rotatable bonds is 6. The number of aliphatic carboxylic acids is 1. The zero-order valence-corrected chi connectivity index (χ0v) is 9.79. The molecule has 0 spiro atoms. The predicted molar refractivity (Wildman–Crippen MR) is 62.2 cm³/mol. The molecule has 2 N–H and O–H groups in total. The van der Waals surface area contributed by atoms with Crippen molar-refractivity contribution in [2.75, 3.05) is 11.5 Å². The number of nitrogens with zero attached hydrogens (tertiary/aromatic N) is 1. The average molecular weight is 242 g/mol. The largest absolute Gasteiger partial charge is 0.481 e. The van der Waals surface area contributed by atoms with Gasteiger partial charge in [0, 0.05) is 26.0 Å². The second kappa shape index (κ2) is 6.22. The summed E-state index contributed by atoms with van der Waals surface area (Å²) < 4.78 is 1.90. The summed E-state index contributed by atoms with van der Waals surface area (Å²) in [4.78, 5) is 21.5. The molecule has 0 saturated carbocycles. The quantitative estimate of drug-likeness (QED) is 0.760. The average Bonchev–Trinajstić information content (AvgIpc) is 2.61. The lowest BCUT2D eigenvalue weighted by molar-refractivity contribution is -0.133. The van der Waals surface area contributed by atoms with Crippen LogP contribution >= 0.6 is 11.8 Å². The fourth-order valence-electron chi connectivity index (χ4n) is 1.15. The molecule has 1 amide bonds. The van der Waals surface area contributed by atoms with Crippen LogP contribution in [0.15, 0.2) is 18.5 Å². The molecule has 0 bridgehead atoms. The van der Waals surface area contributed by atoms with E-state index in [4.69, 9.17) is 5.11 Å². The molecule has 1 aromatic rings. The summed E-state index contributed by atoms with van der Waals surface area (Å²) in [5, 5.41) is 11.1. The van der Waals surface area contributed by atoms with Crippen molar-refractivity contribution in [1.29, 1.82) is 0 Å². The summed E-state index contributed by atoms with van der Waals surface area (Å²) in [6.45, 7) is 0.479. The molecule has 1 aromatic heterocycles. The standard InChI is InChI=1S/C10H14N2O3S/c1-12-3-2-8(5-12)4-11-9(13)6-16-7-10(14)15/h2-3,5H,4,6-7H2,1H3,(H,11,13)(H,14,15). The molecule has 0 radical (unpaired) electrons. The molecule has 1 rings (SSSR count). The summed E-state index contributed by atoms with van der Waals surface area (Å²) >= 11 is 1.09. The van der Waals surface area contributed by atoms with Crippen LogP contribution in [0, 0.1) is 0 Å². The van der Waals surface area contributed by atoms with E-state index < -0.39 is 5.97 Å². The van der Waals surface area contributed by atoms with Crippen LogP contribution in [-0.2, 0) is 23.2 Å². The molecule has 88 valence electrons. The third kappa shape index (κ3) is 4.88. The Morgan fingerprint density at radius 2 is 2.25 bits per heavy atom. The first-order chi connectivity index (χ1) is 7.58. The van der Waals surface area contributed by atoms with E-state index >= 15 is 0 Å². The number of hydrogen-bond acceptors (Lipinski definition) is 3. The number of carboxylic acids is 1. The van der Waals surface area contributed by atoms with Crippen molar-refractivity contribution in [3.05, 3.63) is 24.0 Å². The van der Waals surface area contributed by atoms with E-state index in [1.54, 1.807) is 0 Å². The molecule has 0 fully saturated rings. The highest BCUT2D eigenvalue weighted by atomic mass is 32.2. The highest BCUT2D eigenvalue weighted by molar-refractivity contribution is 8.00. The van der Waals surface area contributed by atoms with Gasteiger partial charge in [-0.05, 0) is 11.6 Å². The van der Waals surface area contributed by atoms with Crippen LogP contribution in [0.4, 0.5) is 0 Å².